The van der Waals surface area contributed by atoms with E-state index in [1.165, 1.54) is 13.3 Å². The Kier molecular flexibility index (Phi) is 8.97. The molecule has 0 aliphatic heterocycles. The van der Waals surface area contributed by atoms with E-state index in [2.05, 4.69) is 21.2 Å². The van der Waals surface area contributed by atoms with Gasteiger partial charge in [0.1, 0.15) is 0 Å². The van der Waals surface area contributed by atoms with E-state index >= 15 is 0 Å². The number of methoxy groups -OCH3 is 1. The minimum atomic E-state index is -0.864. The molecule has 0 fully saturated rings. The molecule has 0 aliphatic rings. The highest BCUT2D eigenvalue weighted by molar-refractivity contribution is 6.35. The Bertz CT molecular complexity index is 1040. The van der Waals surface area contributed by atoms with E-state index in [1.54, 1.807) is 32.0 Å². The topological polar surface area (TPSA) is 118 Å². The van der Waals surface area contributed by atoms with Crippen molar-refractivity contribution in [3.05, 3.63) is 52.6 Å². The number of hydrogen-bond donors (Lipinski definition) is 3. The first-order valence-electron chi connectivity index (χ1n) is 10.4. The van der Waals surface area contributed by atoms with Gasteiger partial charge in [-0.15, -0.1) is 0 Å². The number of anilines is 1. The van der Waals surface area contributed by atoms with E-state index in [0.29, 0.717) is 17.1 Å². The van der Waals surface area contributed by atoms with Gasteiger partial charge >= 0.3 is 11.8 Å². The molecule has 9 nitrogen and oxygen atoms in total. The maximum Gasteiger partial charge on any atom is 0.329 e. The Labute approximate surface area is 193 Å². The lowest BCUT2D eigenvalue weighted by molar-refractivity contribution is -0.139. The van der Waals surface area contributed by atoms with Gasteiger partial charge in [0, 0.05) is 11.7 Å². The molecule has 0 bridgehead atoms. The predicted molar refractivity (Wildman–Crippen MR) is 127 cm³/mol. The van der Waals surface area contributed by atoms with Crippen LogP contribution >= 0.6 is 0 Å². The molecule has 0 aromatic heterocycles. The zero-order chi connectivity index (χ0) is 24.5. The van der Waals surface area contributed by atoms with Crippen LogP contribution in [0.3, 0.4) is 0 Å². The molecule has 0 atom stereocenters. The molecular weight excluding hydrogens is 424 g/mol. The van der Waals surface area contributed by atoms with Crippen LogP contribution in [0.1, 0.15) is 36.1 Å². The summed E-state index contributed by atoms with van der Waals surface area (Å²) in [4.78, 5) is 35.6. The van der Waals surface area contributed by atoms with Crippen molar-refractivity contribution in [1.82, 2.24) is 10.7 Å². The summed E-state index contributed by atoms with van der Waals surface area (Å²) in [5.74, 6) is -1.16. The summed E-state index contributed by atoms with van der Waals surface area (Å²) in [7, 11) is 1.47. The number of amides is 3. The predicted octanol–water partition coefficient (Wildman–Crippen LogP) is 2.61. The van der Waals surface area contributed by atoms with E-state index in [1.807, 2.05) is 32.9 Å². The molecule has 2 aromatic rings. The van der Waals surface area contributed by atoms with Gasteiger partial charge in [0.2, 0.25) is 0 Å². The lowest BCUT2D eigenvalue weighted by Crippen LogP contribution is -2.41. The second kappa shape index (κ2) is 11.7. The van der Waals surface area contributed by atoms with Crippen LogP contribution in [-0.2, 0) is 14.4 Å². The normalized spacial score (nSPS) is 10.8. The van der Waals surface area contributed by atoms with Crippen LogP contribution in [0.4, 0.5) is 5.69 Å². The first-order valence-corrected chi connectivity index (χ1v) is 10.4. The number of nitrogens with one attached hydrogen (secondary N) is 3. The standard InChI is InChI=1S/C24H30N4O5/c1-14(2)26-23(30)24(31)28-25-12-18-7-8-19(20(11-18)32-6)33-13-21(29)27-22-16(4)9-15(3)10-17(22)5/h7-12,14H,13H2,1-6H3,(H,26,30)(H,27,29)(H,28,31)/b25-12-. The van der Waals surface area contributed by atoms with Crippen molar-refractivity contribution in [3.8, 4) is 11.5 Å². The number of aryl methyl sites for hydroxylation is 3. The number of ether oxygens (including phenoxy) is 2. The molecule has 0 radical (unpaired) electrons. The van der Waals surface area contributed by atoms with E-state index in [0.717, 1.165) is 22.4 Å². The minimum Gasteiger partial charge on any atom is -0.493 e. The molecule has 0 saturated carbocycles. The molecule has 3 N–H and O–H groups in total. The van der Waals surface area contributed by atoms with E-state index in [4.69, 9.17) is 9.47 Å². The van der Waals surface area contributed by atoms with Crippen LogP contribution in [0.15, 0.2) is 35.4 Å². The van der Waals surface area contributed by atoms with Crippen LogP contribution in [0.5, 0.6) is 11.5 Å². The fraction of sp³-hybridized carbons (Fsp3) is 0.333. The monoisotopic (exact) mass is 454 g/mol. The van der Waals surface area contributed by atoms with Gasteiger partial charge in [0.25, 0.3) is 5.91 Å². The largest absolute Gasteiger partial charge is 0.493 e. The van der Waals surface area contributed by atoms with Crippen molar-refractivity contribution in [3.63, 3.8) is 0 Å². The molecule has 176 valence electrons. The second-order valence-electron chi connectivity index (χ2n) is 7.85. The first kappa shape index (κ1) is 25.4. The Balaban J connectivity index is 1.97. The summed E-state index contributed by atoms with van der Waals surface area (Å²) < 4.78 is 11.0. The van der Waals surface area contributed by atoms with Crippen LogP contribution in [0.25, 0.3) is 0 Å². The molecule has 0 aliphatic carbocycles. The van der Waals surface area contributed by atoms with E-state index in [-0.39, 0.29) is 18.6 Å². The highest BCUT2D eigenvalue weighted by Gasteiger charge is 2.14. The van der Waals surface area contributed by atoms with Crippen molar-refractivity contribution in [2.75, 3.05) is 19.0 Å². The Hall–Kier alpha value is -3.88. The lowest BCUT2D eigenvalue weighted by atomic mass is 10.1. The average molecular weight is 455 g/mol. The Morgan fingerprint density at radius 1 is 1.00 bits per heavy atom. The highest BCUT2D eigenvalue weighted by Crippen LogP contribution is 2.28. The minimum absolute atomic E-state index is 0.156. The molecule has 33 heavy (non-hydrogen) atoms. The van der Waals surface area contributed by atoms with Gasteiger partial charge < -0.3 is 20.1 Å². The summed E-state index contributed by atoms with van der Waals surface area (Å²) in [6.07, 6.45) is 1.36. The molecule has 0 unspecified atom stereocenters. The fourth-order valence-corrected chi connectivity index (χ4v) is 3.12. The summed E-state index contributed by atoms with van der Waals surface area (Å²) in [5.41, 5.74) is 6.62. The van der Waals surface area contributed by atoms with Gasteiger partial charge in [0.05, 0.1) is 13.3 Å². The smallest absolute Gasteiger partial charge is 0.329 e. The number of hydrogen-bond acceptors (Lipinski definition) is 6. The molecule has 2 rings (SSSR count). The lowest BCUT2D eigenvalue weighted by Gasteiger charge is -2.14. The molecule has 0 spiro atoms. The number of carbonyl (C=O) groups is 3. The van der Waals surface area contributed by atoms with Gasteiger partial charge in [-0.25, -0.2) is 5.43 Å². The summed E-state index contributed by atoms with van der Waals surface area (Å²) >= 11 is 0. The maximum atomic E-state index is 12.4. The third kappa shape index (κ3) is 7.64. The van der Waals surface area contributed by atoms with Crippen molar-refractivity contribution >= 4 is 29.6 Å². The number of nitrogens with zero attached hydrogens (tertiary/aromatic N) is 1. The van der Waals surface area contributed by atoms with Crippen LogP contribution in [0.2, 0.25) is 0 Å². The Morgan fingerprint density at radius 2 is 1.67 bits per heavy atom. The number of hydrazone groups is 1. The molecule has 0 heterocycles. The molecular formula is C24H30N4O5. The van der Waals surface area contributed by atoms with Gasteiger partial charge in [-0.1, -0.05) is 17.7 Å². The van der Waals surface area contributed by atoms with Crippen molar-refractivity contribution in [1.29, 1.82) is 0 Å². The third-order valence-electron chi connectivity index (χ3n) is 4.49. The number of rotatable bonds is 8. The van der Waals surface area contributed by atoms with E-state index < -0.39 is 11.8 Å². The van der Waals surface area contributed by atoms with Gasteiger partial charge in [-0.3, -0.25) is 14.4 Å². The second-order valence-corrected chi connectivity index (χ2v) is 7.85. The zero-order valence-corrected chi connectivity index (χ0v) is 19.7. The fourth-order valence-electron chi connectivity index (χ4n) is 3.12. The van der Waals surface area contributed by atoms with Gasteiger partial charge in [-0.05, 0) is 69.5 Å². The molecule has 2 aromatic carbocycles. The van der Waals surface area contributed by atoms with Crippen molar-refractivity contribution in [2.24, 2.45) is 5.10 Å². The molecule has 3 amide bonds. The first-order chi connectivity index (χ1) is 15.6. The molecule has 9 heteroatoms. The van der Waals surface area contributed by atoms with Crippen molar-refractivity contribution < 1.29 is 23.9 Å². The highest BCUT2D eigenvalue weighted by atomic mass is 16.5. The van der Waals surface area contributed by atoms with E-state index in [9.17, 15) is 14.4 Å². The molecule has 0 saturated heterocycles. The van der Waals surface area contributed by atoms with Crippen LogP contribution < -0.4 is 25.5 Å². The average Bonchev–Trinajstić information content (AvgIpc) is 2.74. The van der Waals surface area contributed by atoms with Gasteiger partial charge in [-0.2, -0.15) is 5.10 Å². The quantitative estimate of drug-likeness (QED) is 0.322. The summed E-state index contributed by atoms with van der Waals surface area (Å²) in [5, 5.41) is 9.13. The zero-order valence-electron chi connectivity index (χ0n) is 19.7. The van der Waals surface area contributed by atoms with Crippen LogP contribution in [0, 0.1) is 20.8 Å². The van der Waals surface area contributed by atoms with Gasteiger partial charge in [0.15, 0.2) is 18.1 Å². The summed E-state index contributed by atoms with van der Waals surface area (Å²) in [6.45, 7) is 9.19. The summed E-state index contributed by atoms with van der Waals surface area (Å²) in [6, 6.07) is 8.79. The number of carbonyl (C=O) groups excluding carboxylic acids is 3. The van der Waals surface area contributed by atoms with Crippen LogP contribution in [-0.4, -0.2) is 43.7 Å². The Morgan fingerprint density at radius 3 is 2.27 bits per heavy atom. The SMILES string of the molecule is COc1cc(/C=N\NC(=O)C(=O)NC(C)C)ccc1OCC(=O)Nc1c(C)cc(C)cc1C. The number of benzene rings is 2. The third-order valence-corrected chi connectivity index (χ3v) is 4.49. The maximum absolute atomic E-state index is 12.4. The van der Waals surface area contributed by atoms with Crippen molar-refractivity contribution in [2.45, 2.75) is 40.7 Å².